The minimum Gasteiger partial charge on any atom is -0.494 e. The van der Waals surface area contributed by atoms with Crippen LogP contribution >= 0.6 is 11.6 Å². The number of carbonyl (C=O) groups is 1. The lowest BCUT2D eigenvalue weighted by atomic mass is 10.1. The molecule has 0 bridgehead atoms. The van der Waals surface area contributed by atoms with E-state index in [1.54, 1.807) is 18.2 Å². The van der Waals surface area contributed by atoms with Gasteiger partial charge in [-0.1, -0.05) is 29.8 Å². The van der Waals surface area contributed by atoms with Gasteiger partial charge in [0.1, 0.15) is 16.7 Å². The van der Waals surface area contributed by atoms with Gasteiger partial charge in [-0.2, -0.15) is 0 Å². The number of rotatable bonds is 5. The molecule has 104 valence electrons. The molecule has 0 spiro atoms. The maximum absolute atomic E-state index is 11.9. The Morgan fingerprint density at radius 2 is 2.00 bits per heavy atom. The molecule has 2 rings (SSSR count). The van der Waals surface area contributed by atoms with E-state index in [0.717, 1.165) is 11.3 Å². The van der Waals surface area contributed by atoms with E-state index in [4.69, 9.17) is 16.3 Å². The van der Waals surface area contributed by atoms with Crippen LogP contribution < -0.4 is 10.1 Å². The van der Waals surface area contributed by atoms with Crippen LogP contribution in [0.3, 0.4) is 0 Å². The van der Waals surface area contributed by atoms with E-state index in [-0.39, 0.29) is 12.3 Å². The Hall–Kier alpha value is -2.07. The lowest BCUT2D eigenvalue weighted by Gasteiger charge is -2.06. The molecule has 1 heterocycles. The maximum Gasteiger partial charge on any atom is 0.229 e. The monoisotopic (exact) mass is 290 g/mol. The van der Waals surface area contributed by atoms with Crippen molar-refractivity contribution in [2.24, 2.45) is 0 Å². The standard InChI is InChI=1S/C15H15ClN2O2/c1-2-20-12-8-6-11(7-9-12)10-15(19)18-14-5-3-4-13(16)17-14/h3-9H,2,10H2,1H3,(H,17,18,19). The molecule has 2 aromatic rings. The Morgan fingerprint density at radius 1 is 1.25 bits per heavy atom. The number of carbonyl (C=O) groups excluding carboxylic acids is 1. The molecule has 0 radical (unpaired) electrons. The molecule has 0 aliphatic heterocycles. The lowest BCUT2D eigenvalue weighted by molar-refractivity contribution is -0.115. The second-order valence-electron chi connectivity index (χ2n) is 4.15. The fourth-order valence-corrected chi connectivity index (χ4v) is 1.88. The number of aromatic nitrogens is 1. The Labute approximate surface area is 122 Å². The number of pyridine rings is 1. The van der Waals surface area contributed by atoms with Crippen molar-refractivity contribution in [2.75, 3.05) is 11.9 Å². The fraction of sp³-hybridized carbons (Fsp3) is 0.200. The summed E-state index contributed by atoms with van der Waals surface area (Å²) in [5.41, 5.74) is 0.910. The topological polar surface area (TPSA) is 51.2 Å². The summed E-state index contributed by atoms with van der Waals surface area (Å²) >= 11 is 5.76. The molecule has 0 aliphatic rings. The summed E-state index contributed by atoms with van der Waals surface area (Å²) in [7, 11) is 0. The maximum atomic E-state index is 11.9. The van der Waals surface area contributed by atoms with Gasteiger partial charge >= 0.3 is 0 Å². The highest BCUT2D eigenvalue weighted by atomic mass is 35.5. The van der Waals surface area contributed by atoms with E-state index in [9.17, 15) is 4.79 Å². The first kappa shape index (κ1) is 14.3. The van der Waals surface area contributed by atoms with Crippen molar-refractivity contribution in [1.82, 2.24) is 4.98 Å². The Morgan fingerprint density at radius 3 is 2.65 bits per heavy atom. The third kappa shape index (κ3) is 4.24. The van der Waals surface area contributed by atoms with Gasteiger partial charge < -0.3 is 10.1 Å². The highest BCUT2D eigenvalue weighted by molar-refractivity contribution is 6.29. The third-order valence-corrected chi connectivity index (χ3v) is 2.79. The van der Waals surface area contributed by atoms with Crippen molar-refractivity contribution >= 4 is 23.3 Å². The van der Waals surface area contributed by atoms with Gasteiger partial charge in [0.2, 0.25) is 5.91 Å². The fourth-order valence-electron chi connectivity index (χ4n) is 1.72. The number of amides is 1. The number of nitrogens with zero attached hydrogens (tertiary/aromatic N) is 1. The van der Waals surface area contributed by atoms with E-state index < -0.39 is 0 Å². The van der Waals surface area contributed by atoms with Gasteiger partial charge in [0, 0.05) is 0 Å². The number of ether oxygens (including phenoxy) is 1. The van der Waals surface area contributed by atoms with E-state index in [1.807, 2.05) is 31.2 Å². The largest absolute Gasteiger partial charge is 0.494 e. The summed E-state index contributed by atoms with van der Waals surface area (Å²) in [6.07, 6.45) is 0.278. The molecule has 0 aliphatic carbocycles. The Bertz CT molecular complexity index is 585. The van der Waals surface area contributed by atoms with Crippen molar-refractivity contribution in [3.8, 4) is 5.75 Å². The molecule has 0 saturated carbocycles. The Balaban J connectivity index is 1.94. The van der Waals surface area contributed by atoms with Crippen LogP contribution in [0.2, 0.25) is 5.15 Å². The molecule has 1 aromatic carbocycles. The van der Waals surface area contributed by atoms with E-state index in [0.29, 0.717) is 17.6 Å². The average molecular weight is 291 g/mol. The molecular weight excluding hydrogens is 276 g/mol. The number of nitrogens with one attached hydrogen (secondary N) is 1. The highest BCUT2D eigenvalue weighted by Crippen LogP contribution is 2.13. The molecule has 0 unspecified atom stereocenters. The number of hydrogen-bond donors (Lipinski definition) is 1. The Kier molecular flexibility index (Phi) is 4.96. The van der Waals surface area contributed by atoms with Crippen molar-refractivity contribution in [2.45, 2.75) is 13.3 Å². The molecule has 4 nitrogen and oxygen atoms in total. The lowest BCUT2D eigenvalue weighted by Crippen LogP contribution is -2.15. The SMILES string of the molecule is CCOc1ccc(CC(=O)Nc2cccc(Cl)n2)cc1. The molecule has 0 atom stereocenters. The van der Waals surface area contributed by atoms with Crippen LogP contribution in [-0.4, -0.2) is 17.5 Å². The van der Waals surface area contributed by atoms with Crippen LogP contribution in [-0.2, 0) is 11.2 Å². The summed E-state index contributed by atoms with van der Waals surface area (Å²) in [6, 6.07) is 12.5. The van der Waals surface area contributed by atoms with Gasteiger partial charge in [-0.25, -0.2) is 4.98 Å². The molecule has 1 aromatic heterocycles. The van der Waals surface area contributed by atoms with Crippen LogP contribution in [0.4, 0.5) is 5.82 Å². The molecule has 20 heavy (non-hydrogen) atoms. The summed E-state index contributed by atoms with van der Waals surface area (Å²) in [5, 5.41) is 3.06. The van der Waals surface area contributed by atoms with E-state index >= 15 is 0 Å². The molecule has 0 saturated heterocycles. The zero-order valence-electron chi connectivity index (χ0n) is 11.1. The van der Waals surface area contributed by atoms with E-state index in [2.05, 4.69) is 10.3 Å². The van der Waals surface area contributed by atoms with Crippen LogP contribution in [0, 0.1) is 0 Å². The summed E-state index contributed by atoms with van der Waals surface area (Å²) in [6.45, 7) is 2.56. The van der Waals surface area contributed by atoms with Crippen LogP contribution in [0.15, 0.2) is 42.5 Å². The van der Waals surface area contributed by atoms with Crippen LogP contribution in [0.5, 0.6) is 5.75 Å². The number of hydrogen-bond acceptors (Lipinski definition) is 3. The molecule has 0 fully saturated rings. The first-order valence-corrected chi connectivity index (χ1v) is 6.69. The zero-order chi connectivity index (χ0) is 14.4. The van der Waals surface area contributed by atoms with Crippen LogP contribution in [0.25, 0.3) is 0 Å². The summed E-state index contributed by atoms with van der Waals surface area (Å²) in [5.74, 6) is 1.12. The van der Waals surface area contributed by atoms with Crippen molar-refractivity contribution < 1.29 is 9.53 Å². The van der Waals surface area contributed by atoms with E-state index in [1.165, 1.54) is 0 Å². The van der Waals surface area contributed by atoms with Crippen molar-refractivity contribution in [3.63, 3.8) is 0 Å². The smallest absolute Gasteiger partial charge is 0.229 e. The van der Waals surface area contributed by atoms with Gasteiger partial charge in [0.15, 0.2) is 0 Å². The predicted molar refractivity (Wildman–Crippen MR) is 79.2 cm³/mol. The van der Waals surface area contributed by atoms with Crippen molar-refractivity contribution in [1.29, 1.82) is 0 Å². The first-order chi connectivity index (χ1) is 9.67. The minimum absolute atomic E-state index is 0.135. The molecule has 1 amide bonds. The molecule has 5 heteroatoms. The van der Waals surface area contributed by atoms with Gasteiger partial charge in [0.05, 0.1) is 13.0 Å². The average Bonchev–Trinajstić information content (AvgIpc) is 2.41. The highest BCUT2D eigenvalue weighted by Gasteiger charge is 2.05. The van der Waals surface area contributed by atoms with Gasteiger partial charge in [-0.3, -0.25) is 4.79 Å². The number of benzene rings is 1. The zero-order valence-corrected chi connectivity index (χ0v) is 11.9. The number of halogens is 1. The van der Waals surface area contributed by atoms with Crippen LogP contribution in [0.1, 0.15) is 12.5 Å². The quantitative estimate of drug-likeness (QED) is 0.860. The second kappa shape index (κ2) is 6.91. The minimum atomic E-state index is -0.135. The van der Waals surface area contributed by atoms with Gasteiger partial charge in [-0.05, 0) is 36.8 Å². The molecule has 1 N–H and O–H groups in total. The summed E-state index contributed by atoms with van der Waals surface area (Å²) < 4.78 is 5.35. The summed E-state index contributed by atoms with van der Waals surface area (Å²) in [4.78, 5) is 15.9. The van der Waals surface area contributed by atoms with Crippen molar-refractivity contribution in [3.05, 3.63) is 53.2 Å². The first-order valence-electron chi connectivity index (χ1n) is 6.31. The molecular formula is C15H15ClN2O2. The number of anilines is 1. The normalized spacial score (nSPS) is 10.1. The third-order valence-electron chi connectivity index (χ3n) is 2.58. The predicted octanol–water partition coefficient (Wildman–Crippen LogP) is 3.31. The van der Waals surface area contributed by atoms with Gasteiger partial charge in [-0.15, -0.1) is 0 Å². The second-order valence-corrected chi connectivity index (χ2v) is 4.53. The van der Waals surface area contributed by atoms with Gasteiger partial charge in [0.25, 0.3) is 0 Å².